The van der Waals surface area contributed by atoms with E-state index in [1.807, 2.05) is 48.5 Å². The Bertz CT molecular complexity index is 1260. The van der Waals surface area contributed by atoms with Gasteiger partial charge in [-0.05, 0) is 41.5 Å². The van der Waals surface area contributed by atoms with Gasteiger partial charge in [0, 0.05) is 24.7 Å². The molecule has 1 N–H and O–H groups in total. The highest BCUT2D eigenvalue weighted by atomic mass is 16.5. The minimum Gasteiger partial charge on any atom is -0.497 e. The smallest absolute Gasteiger partial charge is 0.254 e. The van der Waals surface area contributed by atoms with Crippen molar-refractivity contribution in [2.24, 2.45) is 0 Å². The van der Waals surface area contributed by atoms with Gasteiger partial charge < -0.3 is 29.2 Å². The van der Waals surface area contributed by atoms with Crippen molar-refractivity contribution in [3.8, 4) is 23.0 Å². The predicted molar refractivity (Wildman–Crippen MR) is 135 cm³/mol. The first kappa shape index (κ1) is 24.9. The quantitative estimate of drug-likeness (QED) is 0.515. The third-order valence-electron chi connectivity index (χ3n) is 6.56. The number of amides is 2. The summed E-state index contributed by atoms with van der Waals surface area (Å²) >= 11 is 0. The lowest BCUT2D eigenvalue weighted by Gasteiger charge is -2.40. The lowest BCUT2D eigenvalue weighted by molar-refractivity contribution is -0.124. The molecule has 0 aliphatic carbocycles. The number of benzene rings is 3. The first-order chi connectivity index (χ1) is 17.4. The Morgan fingerprint density at radius 3 is 2.14 bits per heavy atom. The highest BCUT2D eigenvalue weighted by molar-refractivity contribution is 6.02. The molecule has 3 aromatic carbocycles. The number of nitrogens with one attached hydrogen (secondary N) is 1. The number of likely N-dealkylation sites (N-methyl/N-ethyl adjacent to an activating group) is 1. The molecule has 0 radical (unpaired) electrons. The van der Waals surface area contributed by atoms with Crippen LogP contribution in [0.4, 0.5) is 0 Å². The molecule has 0 saturated carbocycles. The topological polar surface area (TPSA) is 86.3 Å². The normalized spacial score (nSPS) is 16.7. The summed E-state index contributed by atoms with van der Waals surface area (Å²) in [6.07, 6.45) is 0. The SMILES string of the molecule is COc1ccc([C@@H]2[C@H](C(=O)NCc3ccccc3OC)c3cc(OC)c(OC)cc3C(=O)N2C)cc1. The summed E-state index contributed by atoms with van der Waals surface area (Å²) in [6, 6.07) is 17.7. The number of para-hydroxylation sites is 1. The second kappa shape index (κ2) is 10.6. The summed E-state index contributed by atoms with van der Waals surface area (Å²) < 4.78 is 21.7. The molecule has 2 atom stereocenters. The van der Waals surface area contributed by atoms with Crippen LogP contribution < -0.4 is 24.3 Å². The second-order valence-electron chi connectivity index (χ2n) is 8.44. The Kier molecular flexibility index (Phi) is 7.33. The van der Waals surface area contributed by atoms with Gasteiger partial charge in [-0.15, -0.1) is 0 Å². The van der Waals surface area contributed by atoms with Crippen molar-refractivity contribution < 1.29 is 28.5 Å². The molecule has 8 nitrogen and oxygen atoms in total. The van der Waals surface area contributed by atoms with Crippen LogP contribution in [0, 0.1) is 0 Å². The van der Waals surface area contributed by atoms with Gasteiger partial charge in [-0.1, -0.05) is 30.3 Å². The molecule has 4 rings (SSSR count). The van der Waals surface area contributed by atoms with E-state index in [2.05, 4.69) is 5.32 Å². The van der Waals surface area contributed by atoms with Crippen LogP contribution in [0.1, 0.15) is 39.0 Å². The number of nitrogens with zero attached hydrogens (tertiary/aromatic N) is 1. The Balaban J connectivity index is 1.80. The zero-order chi connectivity index (χ0) is 25.8. The number of hydrogen-bond acceptors (Lipinski definition) is 6. The molecule has 0 bridgehead atoms. The van der Waals surface area contributed by atoms with E-state index in [9.17, 15) is 9.59 Å². The maximum atomic E-state index is 13.9. The molecule has 0 saturated heterocycles. The van der Waals surface area contributed by atoms with E-state index in [0.717, 1.165) is 11.1 Å². The van der Waals surface area contributed by atoms with Crippen molar-refractivity contribution in [3.05, 3.63) is 82.9 Å². The Hall–Kier alpha value is -4.20. The summed E-state index contributed by atoms with van der Waals surface area (Å²) in [7, 11) is 7.93. The standard InChI is InChI=1S/C28H30N2O6/c1-30-26(17-10-12-19(33-2)13-11-17)25(27(31)29-16-18-8-6-7-9-22(18)34-3)20-14-23(35-4)24(36-5)15-21(20)28(30)32/h6-15,25-26H,16H2,1-5H3,(H,29,31)/t25-,26-/m1/s1. The van der Waals surface area contributed by atoms with Crippen LogP contribution in [0.3, 0.4) is 0 Å². The molecule has 1 aliphatic heterocycles. The number of hydrogen-bond donors (Lipinski definition) is 1. The van der Waals surface area contributed by atoms with Crippen molar-refractivity contribution in [1.82, 2.24) is 10.2 Å². The molecular weight excluding hydrogens is 460 g/mol. The molecule has 0 aromatic heterocycles. The lowest BCUT2D eigenvalue weighted by atomic mass is 9.79. The third-order valence-corrected chi connectivity index (χ3v) is 6.56. The van der Waals surface area contributed by atoms with Crippen LogP contribution in [-0.2, 0) is 11.3 Å². The number of ether oxygens (including phenoxy) is 4. The molecule has 188 valence electrons. The summed E-state index contributed by atoms with van der Waals surface area (Å²) in [5.74, 6) is 1.11. The average molecular weight is 491 g/mol. The van der Waals surface area contributed by atoms with Crippen molar-refractivity contribution in [3.63, 3.8) is 0 Å². The Morgan fingerprint density at radius 2 is 1.50 bits per heavy atom. The fourth-order valence-corrected chi connectivity index (χ4v) is 4.69. The molecule has 1 aliphatic rings. The molecule has 3 aromatic rings. The minimum absolute atomic E-state index is 0.208. The molecule has 8 heteroatoms. The zero-order valence-electron chi connectivity index (χ0n) is 21.0. The molecule has 1 heterocycles. The van der Waals surface area contributed by atoms with Gasteiger partial charge >= 0.3 is 0 Å². The van der Waals surface area contributed by atoms with Gasteiger partial charge in [-0.3, -0.25) is 9.59 Å². The van der Waals surface area contributed by atoms with E-state index in [1.54, 1.807) is 38.3 Å². The average Bonchev–Trinajstić information content (AvgIpc) is 2.92. The van der Waals surface area contributed by atoms with Crippen molar-refractivity contribution >= 4 is 11.8 Å². The summed E-state index contributed by atoms with van der Waals surface area (Å²) in [4.78, 5) is 28.9. The molecule has 0 spiro atoms. The van der Waals surface area contributed by atoms with Crippen LogP contribution >= 0.6 is 0 Å². The lowest BCUT2D eigenvalue weighted by Crippen LogP contribution is -2.45. The Morgan fingerprint density at radius 1 is 0.861 bits per heavy atom. The Labute approximate surface area is 210 Å². The minimum atomic E-state index is -0.703. The van der Waals surface area contributed by atoms with Crippen molar-refractivity contribution in [2.45, 2.75) is 18.5 Å². The molecule has 0 unspecified atom stereocenters. The summed E-state index contributed by atoms with van der Waals surface area (Å²) in [6.45, 7) is 0.273. The van der Waals surface area contributed by atoms with Crippen molar-refractivity contribution in [2.75, 3.05) is 35.5 Å². The number of carbonyl (C=O) groups excluding carboxylic acids is 2. The number of fused-ring (bicyclic) bond motifs is 1. The van der Waals surface area contributed by atoms with Gasteiger partial charge in [0.2, 0.25) is 5.91 Å². The van der Waals surface area contributed by atoms with E-state index >= 15 is 0 Å². The van der Waals surface area contributed by atoms with Crippen LogP contribution in [0.25, 0.3) is 0 Å². The van der Waals surface area contributed by atoms with E-state index < -0.39 is 12.0 Å². The molecule has 0 fully saturated rings. The van der Waals surface area contributed by atoms with Gasteiger partial charge in [-0.2, -0.15) is 0 Å². The first-order valence-electron chi connectivity index (χ1n) is 11.5. The highest BCUT2D eigenvalue weighted by Gasteiger charge is 2.43. The second-order valence-corrected chi connectivity index (χ2v) is 8.44. The van der Waals surface area contributed by atoms with E-state index in [1.165, 1.54) is 14.2 Å². The van der Waals surface area contributed by atoms with Gasteiger partial charge in [0.15, 0.2) is 11.5 Å². The highest BCUT2D eigenvalue weighted by Crippen LogP contribution is 2.45. The summed E-state index contributed by atoms with van der Waals surface area (Å²) in [5, 5.41) is 3.05. The molecule has 2 amide bonds. The maximum absolute atomic E-state index is 13.9. The molecular formula is C28H30N2O6. The van der Waals surface area contributed by atoms with Crippen LogP contribution in [0.2, 0.25) is 0 Å². The maximum Gasteiger partial charge on any atom is 0.254 e. The van der Waals surface area contributed by atoms with Gasteiger partial charge in [0.1, 0.15) is 11.5 Å². The fraction of sp³-hybridized carbons (Fsp3) is 0.286. The fourth-order valence-electron chi connectivity index (χ4n) is 4.69. The number of carbonyl (C=O) groups is 2. The van der Waals surface area contributed by atoms with Gasteiger partial charge in [-0.25, -0.2) is 0 Å². The van der Waals surface area contributed by atoms with E-state index in [-0.39, 0.29) is 18.4 Å². The van der Waals surface area contributed by atoms with E-state index in [4.69, 9.17) is 18.9 Å². The van der Waals surface area contributed by atoms with Gasteiger partial charge in [0.05, 0.1) is 40.4 Å². The number of rotatable bonds is 8. The van der Waals surface area contributed by atoms with Crippen molar-refractivity contribution in [1.29, 1.82) is 0 Å². The predicted octanol–water partition coefficient (Wildman–Crippen LogP) is 3.95. The van der Waals surface area contributed by atoms with Crippen LogP contribution in [0.5, 0.6) is 23.0 Å². The molecule has 36 heavy (non-hydrogen) atoms. The van der Waals surface area contributed by atoms with E-state index in [0.29, 0.717) is 34.1 Å². The third kappa shape index (κ3) is 4.54. The van der Waals surface area contributed by atoms with Crippen LogP contribution in [0.15, 0.2) is 60.7 Å². The first-order valence-corrected chi connectivity index (χ1v) is 11.5. The monoisotopic (exact) mass is 490 g/mol. The largest absolute Gasteiger partial charge is 0.497 e. The number of methoxy groups -OCH3 is 4. The summed E-state index contributed by atoms with van der Waals surface area (Å²) in [5.41, 5.74) is 2.64. The van der Waals surface area contributed by atoms with Gasteiger partial charge in [0.25, 0.3) is 5.91 Å². The van der Waals surface area contributed by atoms with Crippen LogP contribution in [-0.4, -0.2) is 52.2 Å². The zero-order valence-corrected chi connectivity index (χ0v) is 21.0.